The first-order valence-corrected chi connectivity index (χ1v) is 6.44. The fourth-order valence-corrected chi connectivity index (χ4v) is 2.28. The zero-order valence-electron chi connectivity index (χ0n) is 11.4. The summed E-state index contributed by atoms with van der Waals surface area (Å²) in [6.45, 7) is 0. The Morgan fingerprint density at radius 2 is 1.86 bits per heavy atom. The van der Waals surface area contributed by atoms with Crippen LogP contribution >= 0.6 is 0 Å². The van der Waals surface area contributed by atoms with E-state index in [1.807, 2.05) is 30.3 Å². The number of rotatable bonds is 3. The van der Waals surface area contributed by atoms with Crippen LogP contribution < -0.4 is 0 Å². The zero-order valence-corrected chi connectivity index (χ0v) is 11.4. The third-order valence-electron chi connectivity index (χ3n) is 3.35. The predicted octanol–water partition coefficient (Wildman–Crippen LogP) is 3.77. The van der Waals surface area contributed by atoms with Crippen molar-refractivity contribution in [2.75, 3.05) is 7.11 Å². The molecule has 21 heavy (non-hydrogen) atoms. The van der Waals surface area contributed by atoms with Gasteiger partial charge in [-0.1, -0.05) is 24.3 Å². The number of hydrogen-bond acceptors (Lipinski definition) is 4. The lowest BCUT2D eigenvalue weighted by Crippen LogP contribution is -2.11. The van der Waals surface area contributed by atoms with Crippen LogP contribution in [-0.4, -0.2) is 12.0 Å². The fourth-order valence-electron chi connectivity index (χ4n) is 2.28. The molecule has 0 saturated carbocycles. The first-order chi connectivity index (χ1) is 10.2. The summed E-state index contributed by atoms with van der Waals surface area (Å²) in [6, 6.07) is 14.1. The molecule has 1 aliphatic rings. The minimum atomic E-state index is -0.476. The smallest absolute Gasteiger partial charge is 0.269 e. The SMILES string of the molecule is COC1OC(c2ccc([N+](=O)[O-])cc2)=Cc2ccccc21. The molecule has 0 radical (unpaired) electrons. The highest BCUT2D eigenvalue weighted by molar-refractivity contribution is 5.80. The average Bonchev–Trinajstić information content (AvgIpc) is 2.53. The van der Waals surface area contributed by atoms with Crippen molar-refractivity contribution in [3.8, 4) is 0 Å². The van der Waals surface area contributed by atoms with Crippen LogP contribution in [0.2, 0.25) is 0 Å². The van der Waals surface area contributed by atoms with E-state index in [-0.39, 0.29) is 5.69 Å². The third-order valence-corrected chi connectivity index (χ3v) is 3.35. The lowest BCUT2D eigenvalue weighted by Gasteiger charge is -2.25. The summed E-state index contributed by atoms with van der Waals surface area (Å²) in [5.74, 6) is 0.635. The fraction of sp³-hybridized carbons (Fsp3) is 0.125. The molecule has 1 atom stereocenters. The van der Waals surface area contributed by atoms with Crippen LogP contribution in [-0.2, 0) is 9.47 Å². The molecule has 5 heteroatoms. The Kier molecular flexibility index (Phi) is 3.41. The number of ether oxygens (including phenoxy) is 2. The van der Waals surface area contributed by atoms with Gasteiger partial charge in [-0.15, -0.1) is 0 Å². The average molecular weight is 283 g/mol. The van der Waals surface area contributed by atoms with E-state index in [1.54, 1.807) is 19.2 Å². The van der Waals surface area contributed by atoms with E-state index in [4.69, 9.17) is 9.47 Å². The Labute approximate surface area is 121 Å². The normalized spacial score (nSPS) is 16.6. The van der Waals surface area contributed by atoms with E-state index in [0.717, 1.165) is 16.7 Å². The van der Waals surface area contributed by atoms with E-state index in [0.29, 0.717) is 5.76 Å². The second kappa shape index (κ2) is 5.38. The summed E-state index contributed by atoms with van der Waals surface area (Å²) < 4.78 is 11.2. The second-order valence-corrected chi connectivity index (χ2v) is 4.63. The van der Waals surface area contributed by atoms with Gasteiger partial charge in [0.05, 0.1) is 4.92 Å². The summed E-state index contributed by atoms with van der Waals surface area (Å²) in [6.07, 6.45) is 1.43. The Morgan fingerprint density at radius 3 is 2.52 bits per heavy atom. The van der Waals surface area contributed by atoms with Crippen molar-refractivity contribution in [1.29, 1.82) is 0 Å². The number of benzene rings is 2. The minimum absolute atomic E-state index is 0.0545. The van der Waals surface area contributed by atoms with Crippen LogP contribution in [0.3, 0.4) is 0 Å². The van der Waals surface area contributed by atoms with Gasteiger partial charge in [-0.25, -0.2) is 0 Å². The van der Waals surface area contributed by atoms with Gasteiger partial charge in [0, 0.05) is 30.4 Å². The van der Waals surface area contributed by atoms with Crippen LogP contribution in [0.4, 0.5) is 5.69 Å². The molecule has 1 aliphatic heterocycles. The molecule has 5 nitrogen and oxygen atoms in total. The Morgan fingerprint density at radius 1 is 1.14 bits per heavy atom. The number of methoxy groups -OCH3 is 1. The first-order valence-electron chi connectivity index (χ1n) is 6.44. The highest BCUT2D eigenvalue weighted by atomic mass is 16.7. The molecule has 1 heterocycles. The van der Waals surface area contributed by atoms with Gasteiger partial charge in [-0.2, -0.15) is 0 Å². The predicted molar refractivity (Wildman–Crippen MR) is 78.2 cm³/mol. The maximum atomic E-state index is 10.7. The number of hydrogen-bond donors (Lipinski definition) is 0. The van der Waals surface area contributed by atoms with Crippen molar-refractivity contribution in [3.63, 3.8) is 0 Å². The van der Waals surface area contributed by atoms with Crippen LogP contribution in [0.1, 0.15) is 23.0 Å². The van der Waals surface area contributed by atoms with Gasteiger partial charge < -0.3 is 9.47 Å². The van der Waals surface area contributed by atoms with Crippen LogP contribution in [0.15, 0.2) is 48.5 Å². The highest BCUT2D eigenvalue weighted by Crippen LogP contribution is 2.36. The molecular weight excluding hydrogens is 270 g/mol. The largest absolute Gasteiger partial charge is 0.460 e. The molecule has 2 aromatic rings. The molecule has 0 saturated heterocycles. The number of nitro benzene ring substituents is 1. The molecule has 2 aromatic carbocycles. The summed E-state index contributed by atoms with van der Waals surface area (Å²) in [5.41, 5.74) is 2.81. The van der Waals surface area contributed by atoms with Gasteiger partial charge >= 0.3 is 0 Å². The van der Waals surface area contributed by atoms with Gasteiger partial charge in [-0.3, -0.25) is 10.1 Å². The van der Waals surface area contributed by atoms with Gasteiger partial charge in [0.15, 0.2) is 0 Å². The van der Waals surface area contributed by atoms with Crippen molar-refractivity contribution in [2.45, 2.75) is 6.29 Å². The number of fused-ring (bicyclic) bond motifs is 1. The summed E-state index contributed by atoms with van der Waals surface area (Å²) in [4.78, 5) is 10.3. The molecule has 0 amide bonds. The van der Waals surface area contributed by atoms with E-state index < -0.39 is 11.2 Å². The summed E-state index contributed by atoms with van der Waals surface area (Å²) in [7, 11) is 1.58. The zero-order chi connectivity index (χ0) is 14.8. The van der Waals surface area contributed by atoms with E-state index in [2.05, 4.69) is 0 Å². The molecule has 0 aliphatic carbocycles. The second-order valence-electron chi connectivity index (χ2n) is 4.63. The summed E-state index contributed by atoms with van der Waals surface area (Å²) in [5, 5.41) is 10.7. The molecule has 0 bridgehead atoms. The van der Waals surface area contributed by atoms with E-state index in [1.165, 1.54) is 12.1 Å². The van der Waals surface area contributed by atoms with Crippen molar-refractivity contribution >= 4 is 17.5 Å². The maximum Gasteiger partial charge on any atom is 0.269 e. The topological polar surface area (TPSA) is 61.6 Å². The Bertz CT molecular complexity index is 706. The van der Waals surface area contributed by atoms with Crippen molar-refractivity contribution in [2.24, 2.45) is 0 Å². The summed E-state index contributed by atoms with van der Waals surface area (Å²) >= 11 is 0. The van der Waals surface area contributed by atoms with Crippen LogP contribution in [0.25, 0.3) is 11.8 Å². The monoisotopic (exact) mass is 283 g/mol. The molecule has 0 N–H and O–H groups in total. The number of nitro groups is 1. The molecule has 0 fully saturated rings. The molecule has 3 rings (SSSR count). The van der Waals surface area contributed by atoms with Gasteiger partial charge in [0.2, 0.25) is 6.29 Å². The molecule has 106 valence electrons. The van der Waals surface area contributed by atoms with Crippen molar-refractivity contribution in [1.82, 2.24) is 0 Å². The maximum absolute atomic E-state index is 10.7. The van der Waals surface area contributed by atoms with Crippen LogP contribution in [0.5, 0.6) is 0 Å². The van der Waals surface area contributed by atoms with Crippen molar-refractivity contribution in [3.05, 3.63) is 75.3 Å². The molecule has 0 spiro atoms. The van der Waals surface area contributed by atoms with E-state index >= 15 is 0 Å². The lowest BCUT2D eigenvalue weighted by molar-refractivity contribution is -0.384. The van der Waals surface area contributed by atoms with Crippen LogP contribution in [0, 0.1) is 10.1 Å². The van der Waals surface area contributed by atoms with E-state index in [9.17, 15) is 10.1 Å². The van der Waals surface area contributed by atoms with Gasteiger partial charge in [0.1, 0.15) is 5.76 Å². The molecule has 1 unspecified atom stereocenters. The Balaban J connectivity index is 1.99. The third kappa shape index (κ3) is 2.51. The Hall–Kier alpha value is -2.66. The molecular formula is C16H13NO4. The standard InChI is InChI=1S/C16H13NO4/c1-20-16-14-5-3-2-4-12(14)10-15(21-16)11-6-8-13(9-7-11)17(18)19/h2-10,16H,1H3. The first kappa shape index (κ1) is 13.3. The molecule has 0 aromatic heterocycles. The van der Waals surface area contributed by atoms with Crippen molar-refractivity contribution < 1.29 is 14.4 Å². The van der Waals surface area contributed by atoms with Gasteiger partial charge in [0.25, 0.3) is 5.69 Å². The minimum Gasteiger partial charge on any atom is -0.460 e. The van der Waals surface area contributed by atoms with Gasteiger partial charge in [-0.05, 0) is 23.8 Å². The lowest BCUT2D eigenvalue weighted by atomic mass is 10.0. The quantitative estimate of drug-likeness (QED) is 0.635. The number of non-ortho nitro benzene ring substituents is 1. The highest BCUT2D eigenvalue weighted by Gasteiger charge is 2.22. The number of nitrogens with zero attached hydrogens (tertiary/aromatic N) is 1.